The zero-order valence-corrected chi connectivity index (χ0v) is 17.9. The van der Waals surface area contributed by atoms with Gasteiger partial charge in [0.15, 0.2) is 5.69 Å². The molecule has 0 amide bonds. The second kappa shape index (κ2) is 6.52. The number of aromatic nitrogens is 2. The minimum absolute atomic E-state index is 0.0567. The number of rotatable bonds is 3. The van der Waals surface area contributed by atoms with Crippen molar-refractivity contribution in [3.8, 4) is 0 Å². The van der Waals surface area contributed by atoms with Crippen LogP contribution >= 0.6 is 0 Å². The Hall–Kier alpha value is -2.47. The van der Waals surface area contributed by atoms with Crippen LogP contribution in [0.1, 0.15) is 43.1 Å². The van der Waals surface area contributed by atoms with Gasteiger partial charge in [0.25, 0.3) is 0 Å². The van der Waals surface area contributed by atoms with Gasteiger partial charge in [0.05, 0.1) is 24.6 Å². The fourth-order valence-electron chi connectivity index (χ4n) is 5.11. The maximum Gasteiger partial charge on any atom is 0.336 e. The number of fused-ring (bicyclic) bond motifs is 1. The molecule has 2 atom stereocenters. The highest BCUT2D eigenvalue weighted by molar-refractivity contribution is 5.95. The smallest absolute Gasteiger partial charge is 0.336 e. The van der Waals surface area contributed by atoms with Gasteiger partial charge in [0.2, 0.25) is 0 Å². The zero-order chi connectivity index (χ0) is 20.3. The first-order chi connectivity index (χ1) is 13.8. The summed E-state index contributed by atoms with van der Waals surface area (Å²) in [6.07, 6.45) is 5.35. The number of nitrogens with zero attached hydrogens (tertiary/aromatic N) is 5. The summed E-state index contributed by atoms with van der Waals surface area (Å²) in [6.45, 7) is 10.5. The molecule has 1 unspecified atom stereocenters. The predicted molar refractivity (Wildman–Crippen MR) is 118 cm³/mol. The summed E-state index contributed by atoms with van der Waals surface area (Å²) in [6, 6.07) is 6.68. The first-order valence-corrected chi connectivity index (χ1v) is 10.6. The van der Waals surface area contributed by atoms with Crippen LogP contribution < -0.4 is 15.5 Å². The van der Waals surface area contributed by atoms with Gasteiger partial charge in [-0.25, -0.2) is 4.58 Å². The fourth-order valence-corrected chi connectivity index (χ4v) is 5.11. The summed E-state index contributed by atoms with van der Waals surface area (Å²) in [7, 11) is 2.07. The molecule has 2 aromatic rings. The molecule has 0 aliphatic carbocycles. The van der Waals surface area contributed by atoms with Crippen molar-refractivity contribution in [3.05, 3.63) is 41.3 Å². The van der Waals surface area contributed by atoms with E-state index in [4.69, 9.17) is 10.7 Å². The Morgan fingerprint density at radius 2 is 2.03 bits per heavy atom. The van der Waals surface area contributed by atoms with E-state index in [-0.39, 0.29) is 5.54 Å². The number of pyridine rings is 2. The van der Waals surface area contributed by atoms with Gasteiger partial charge >= 0.3 is 5.82 Å². The van der Waals surface area contributed by atoms with Crippen LogP contribution in [-0.2, 0) is 0 Å². The molecule has 2 N–H and O–H groups in total. The van der Waals surface area contributed by atoms with Crippen molar-refractivity contribution in [2.24, 2.45) is 11.7 Å². The molecule has 0 radical (unpaired) electrons. The molecule has 0 spiro atoms. The molecular weight excluding hydrogens is 360 g/mol. The van der Waals surface area contributed by atoms with E-state index in [0.29, 0.717) is 11.8 Å². The molecule has 5 rings (SSSR count). The van der Waals surface area contributed by atoms with Crippen LogP contribution in [0.25, 0.3) is 0 Å². The third-order valence-electron chi connectivity index (χ3n) is 6.67. The third kappa shape index (κ3) is 3.19. The Morgan fingerprint density at radius 1 is 1.24 bits per heavy atom. The molecule has 6 nitrogen and oxygen atoms in total. The lowest BCUT2D eigenvalue weighted by Gasteiger charge is -2.46. The minimum atomic E-state index is -0.0567. The molecule has 152 valence electrons. The van der Waals surface area contributed by atoms with E-state index in [2.05, 4.69) is 71.6 Å². The van der Waals surface area contributed by atoms with Crippen molar-refractivity contribution >= 4 is 23.4 Å². The second-order valence-electron chi connectivity index (χ2n) is 9.53. The van der Waals surface area contributed by atoms with Crippen molar-refractivity contribution in [2.75, 3.05) is 43.0 Å². The van der Waals surface area contributed by atoms with Gasteiger partial charge in [0, 0.05) is 56.3 Å². The minimum Gasteiger partial charge on any atom is -0.370 e. The number of nitrogens with two attached hydrogens (primary N) is 1. The van der Waals surface area contributed by atoms with Gasteiger partial charge < -0.3 is 15.5 Å². The average molecular weight is 392 g/mol. The predicted octanol–water partition coefficient (Wildman–Crippen LogP) is 2.66. The van der Waals surface area contributed by atoms with Gasteiger partial charge in [-0.05, 0) is 36.4 Å². The molecular formula is C23H31N6+. The molecule has 0 bridgehead atoms. The van der Waals surface area contributed by atoms with Crippen LogP contribution in [-0.4, -0.2) is 59.5 Å². The standard InChI is InChI=1S/C23H31N6/c1-15-11-28(21-9-16(2)26-22-19(21)12-27(22)4)8-7-18(15)20-6-5-17(10-25-20)29-13-23(3,24)14-29/h5-6,9-10,12,15,18H,7-8,11,13-14,24H2,1-4H3/q+1/t15-,18?/m0/s1. The highest BCUT2D eigenvalue weighted by Crippen LogP contribution is 2.38. The molecule has 0 aromatic carbocycles. The summed E-state index contributed by atoms with van der Waals surface area (Å²) in [4.78, 5) is 14.4. The lowest BCUT2D eigenvalue weighted by Crippen LogP contribution is -2.65. The van der Waals surface area contributed by atoms with E-state index in [1.165, 1.54) is 22.6 Å². The highest BCUT2D eigenvalue weighted by atomic mass is 15.3. The van der Waals surface area contributed by atoms with Crippen LogP contribution in [0.4, 0.5) is 17.2 Å². The quantitative estimate of drug-likeness (QED) is 0.815. The summed E-state index contributed by atoms with van der Waals surface area (Å²) in [5, 5.41) is 0. The topological polar surface area (TPSA) is 61.3 Å². The van der Waals surface area contributed by atoms with Crippen molar-refractivity contribution < 1.29 is 4.58 Å². The zero-order valence-electron chi connectivity index (χ0n) is 17.9. The average Bonchev–Trinajstić information content (AvgIpc) is 2.67. The normalized spacial score (nSPS) is 25.1. The summed E-state index contributed by atoms with van der Waals surface area (Å²) in [5.74, 6) is 2.17. The van der Waals surface area contributed by atoms with Crippen LogP contribution in [0, 0.1) is 12.8 Å². The van der Waals surface area contributed by atoms with Crippen LogP contribution in [0.2, 0.25) is 0 Å². The van der Waals surface area contributed by atoms with Crippen LogP contribution in [0.15, 0.2) is 24.4 Å². The Bertz CT molecular complexity index is 970. The molecule has 3 aliphatic heterocycles. The lowest BCUT2D eigenvalue weighted by atomic mass is 9.83. The van der Waals surface area contributed by atoms with E-state index in [1.54, 1.807) is 0 Å². The summed E-state index contributed by atoms with van der Waals surface area (Å²) >= 11 is 0. The molecule has 6 heteroatoms. The monoisotopic (exact) mass is 391 g/mol. The fraction of sp³-hybridized carbons (Fsp3) is 0.522. The van der Waals surface area contributed by atoms with E-state index in [9.17, 15) is 0 Å². The Kier molecular flexibility index (Phi) is 4.17. The van der Waals surface area contributed by atoms with E-state index < -0.39 is 0 Å². The highest BCUT2D eigenvalue weighted by Gasteiger charge is 2.36. The van der Waals surface area contributed by atoms with Crippen LogP contribution in [0.3, 0.4) is 0 Å². The summed E-state index contributed by atoms with van der Waals surface area (Å²) in [5.41, 5.74) is 12.2. The third-order valence-corrected chi connectivity index (χ3v) is 6.67. The first-order valence-electron chi connectivity index (χ1n) is 10.6. The number of aryl methyl sites for hydroxylation is 1. The lowest BCUT2D eigenvalue weighted by molar-refractivity contribution is -0.416. The van der Waals surface area contributed by atoms with Crippen molar-refractivity contribution in [3.63, 3.8) is 0 Å². The second-order valence-corrected chi connectivity index (χ2v) is 9.53. The van der Waals surface area contributed by atoms with Crippen molar-refractivity contribution in [2.45, 2.75) is 38.6 Å². The van der Waals surface area contributed by atoms with E-state index in [0.717, 1.165) is 44.1 Å². The number of piperidine rings is 1. The van der Waals surface area contributed by atoms with Crippen LogP contribution in [0.5, 0.6) is 0 Å². The Labute approximate surface area is 173 Å². The van der Waals surface area contributed by atoms with E-state index in [1.807, 2.05) is 6.20 Å². The molecule has 0 saturated carbocycles. The maximum absolute atomic E-state index is 6.14. The number of anilines is 2. The van der Waals surface area contributed by atoms with E-state index >= 15 is 0 Å². The Balaban J connectivity index is 1.29. The number of hydrogen-bond acceptors (Lipinski definition) is 5. The molecule has 2 saturated heterocycles. The Morgan fingerprint density at radius 3 is 2.66 bits per heavy atom. The molecule has 2 aromatic heterocycles. The van der Waals surface area contributed by atoms with Crippen molar-refractivity contribution in [1.82, 2.24) is 9.97 Å². The van der Waals surface area contributed by atoms with Crippen molar-refractivity contribution in [1.29, 1.82) is 0 Å². The number of hydrogen-bond donors (Lipinski definition) is 1. The van der Waals surface area contributed by atoms with Gasteiger partial charge in [-0.3, -0.25) is 4.98 Å². The van der Waals surface area contributed by atoms with Gasteiger partial charge in [0.1, 0.15) is 11.8 Å². The molecule has 5 heterocycles. The van der Waals surface area contributed by atoms with Gasteiger partial charge in [-0.15, -0.1) is 0 Å². The van der Waals surface area contributed by atoms with Gasteiger partial charge in [-0.1, -0.05) is 6.92 Å². The first kappa shape index (κ1) is 18.6. The SMILES string of the molecule is Cc1cc(N2CCC(c3ccc(N4CC(C)(N)C4)cn3)[C@@H](C)C2)c2c(n1)[N+](C)=C2. The molecule has 2 fully saturated rings. The van der Waals surface area contributed by atoms with Gasteiger partial charge in [-0.2, -0.15) is 0 Å². The summed E-state index contributed by atoms with van der Waals surface area (Å²) < 4.78 is 2.11. The molecule has 29 heavy (non-hydrogen) atoms. The largest absolute Gasteiger partial charge is 0.370 e. The molecule has 3 aliphatic rings. The maximum atomic E-state index is 6.14.